The minimum absolute atomic E-state index is 0.0892. The number of amides is 1. The maximum atomic E-state index is 13.0. The highest BCUT2D eigenvalue weighted by Crippen LogP contribution is 2.32. The third kappa shape index (κ3) is 4.54. The number of benzene rings is 2. The summed E-state index contributed by atoms with van der Waals surface area (Å²) in [6.45, 7) is 2.91. The summed E-state index contributed by atoms with van der Waals surface area (Å²) in [5, 5.41) is 3.98. The first-order chi connectivity index (χ1) is 14.1. The van der Waals surface area contributed by atoms with Crippen molar-refractivity contribution in [1.29, 1.82) is 0 Å². The van der Waals surface area contributed by atoms with Gasteiger partial charge in [-0.25, -0.2) is 4.39 Å². The maximum Gasteiger partial charge on any atom is 0.238 e. The van der Waals surface area contributed by atoms with E-state index in [1.54, 1.807) is 18.3 Å². The van der Waals surface area contributed by atoms with Crippen LogP contribution in [0.2, 0.25) is 0 Å². The van der Waals surface area contributed by atoms with Crippen molar-refractivity contribution in [3.63, 3.8) is 0 Å². The Labute approximate surface area is 170 Å². The number of nitrogens with one attached hydrogen (secondary N) is 1. The van der Waals surface area contributed by atoms with Gasteiger partial charge in [0.25, 0.3) is 0 Å². The predicted octanol–water partition coefficient (Wildman–Crippen LogP) is 4.04. The van der Waals surface area contributed by atoms with Gasteiger partial charge in [-0.05, 0) is 61.9 Å². The molecule has 1 saturated heterocycles. The molecule has 1 aliphatic heterocycles. The first kappa shape index (κ1) is 19.3. The van der Waals surface area contributed by atoms with Crippen molar-refractivity contribution >= 4 is 28.2 Å². The number of carbonyl (C=O) groups excluding carboxylic acids is 1. The number of halogens is 1. The molecule has 0 unspecified atom stereocenters. The largest absolute Gasteiger partial charge is 0.370 e. The lowest BCUT2D eigenvalue weighted by molar-refractivity contribution is -0.117. The number of hydrogen-bond acceptors (Lipinski definition) is 4. The Kier molecular flexibility index (Phi) is 5.71. The molecular weight excluding hydrogens is 367 g/mol. The molecule has 1 N–H and O–H groups in total. The molecule has 0 radical (unpaired) electrons. The van der Waals surface area contributed by atoms with E-state index in [1.807, 2.05) is 30.1 Å². The van der Waals surface area contributed by atoms with E-state index in [2.05, 4.69) is 21.3 Å². The van der Waals surface area contributed by atoms with Crippen LogP contribution in [0, 0.1) is 5.82 Å². The second kappa shape index (κ2) is 8.57. The Hall–Kier alpha value is -2.99. The molecule has 150 valence electrons. The van der Waals surface area contributed by atoms with Crippen LogP contribution in [0.3, 0.4) is 0 Å². The molecule has 0 bridgehead atoms. The zero-order valence-corrected chi connectivity index (χ0v) is 16.6. The van der Waals surface area contributed by atoms with Crippen LogP contribution in [0.5, 0.6) is 0 Å². The standard InChI is InChI=1S/C23H25FN4O/c1-27(15-17-6-8-18(24)9-7-17)16-22(29)26-20-10-11-21(28-13-2-3-14-28)23-19(20)5-4-12-25-23/h4-12H,2-3,13-16H2,1H3,(H,26,29). The van der Waals surface area contributed by atoms with Crippen molar-refractivity contribution in [1.82, 2.24) is 9.88 Å². The number of rotatable bonds is 6. The second-order valence-corrected chi connectivity index (χ2v) is 7.57. The fourth-order valence-electron chi connectivity index (χ4n) is 3.87. The zero-order chi connectivity index (χ0) is 20.2. The van der Waals surface area contributed by atoms with Crippen molar-refractivity contribution in [2.45, 2.75) is 19.4 Å². The summed E-state index contributed by atoms with van der Waals surface area (Å²) in [6, 6.07) is 14.3. The Morgan fingerprint density at radius 2 is 1.90 bits per heavy atom. The molecule has 1 fully saturated rings. The number of anilines is 2. The molecule has 5 nitrogen and oxygen atoms in total. The van der Waals surface area contributed by atoms with Gasteiger partial charge in [-0.1, -0.05) is 12.1 Å². The summed E-state index contributed by atoms with van der Waals surface area (Å²) in [4.78, 5) is 21.5. The van der Waals surface area contributed by atoms with Crippen LogP contribution in [0.1, 0.15) is 18.4 Å². The SMILES string of the molecule is CN(CC(=O)Nc1ccc(N2CCCC2)c2ncccc12)Cc1ccc(F)cc1. The molecule has 0 saturated carbocycles. The number of likely N-dealkylation sites (N-methyl/N-ethyl adjacent to an activating group) is 1. The molecule has 29 heavy (non-hydrogen) atoms. The fourth-order valence-corrected chi connectivity index (χ4v) is 3.87. The monoisotopic (exact) mass is 392 g/mol. The quantitative estimate of drug-likeness (QED) is 0.688. The summed E-state index contributed by atoms with van der Waals surface area (Å²) < 4.78 is 13.0. The Morgan fingerprint density at radius 3 is 2.66 bits per heavy atom. The van der Waals surface area contributed by atoms with Crippen molar-refractivity contribution in [3.8, 4) is 0 Å². The molecule has 4 rings (SSSR count). The smallest absolute Gasteiger partial charge is 0.238 e. The van der Waals surface area contributed by atoms with E-state index in [1.165, 1.54) is 25.0 Å². The number of pyridine rings is 1. The van der Waals surface area contributed by atoms with Crippen LogP contribution in [-0.2, 0) is 11.3 Å². The Balaban J connectivity index is 1.46. The van der Waals surface area contributed by atoms with E-state index in [-0.39, 0.29) is 18.3 Å². The minimum atomic E-state index is -0.257. The Bertz CT molecular complexity index is 999. The van der Waals surface area contributed by atoms with Gasteiger partial charge < -0.3 is 10.2 Å². The number of carbonyl (C=O) groups is 1. The van der Waals surface area contributed by atoms with Crippen LogP contribution in [-0.4, -0.2) is 42.5 Å². The third-order valence-electron chi connectivity index (χ3n) is 5.25. The van der Waals surface area contributed by atoms with Crippen molar-refractivity contribution in [3.05, 3.63) is 66.1 Å². The van der Waals surface area contributed by atoms with E-state index in [0.29, 0.717) is 6.54 Å². The lowest BCUT2D eigenvalue weighted by atomic mass is 10.1. The molecule has 1 aromatic heterocycles. The molecule has 0 atom stereocenters. The van der Waals surface area contributed by atoms with Crippen LogP contribution in [0.4, 0.5) is 15.8 Å². The highest BCUT2D eigenvalue weighted by molar-refractivity contribution is 6.05. The predicted molar refractivity (Wildman–Crippen MR) is 115 cm³/mol. The first-order valence-corrected chi connectivity index (χ1v) is 9.96. The van der Waals surface area contributed by atoms with Gasteiger partial charge in [-0.3, -0.25) is 14.7 Å². The van der Waals surface area contributed by atoms with Crippen LogP contribution < -0.4 is 10.2 Å². The minimum Gasteiger partial charge on any atom is -0.370 e. The van der Waals surface area contributed by atoms with E-state index < -0.39 is 0 Å². The van der Waals surface area contributed by atoms with E-state index in [0.717, 1.165) is 40.9 Å². The highest BCUT2D eigenvalue weighted by Gasteiger charge is 2.17. The fraction of sp³-hybridized carbons (Fsp3) is 0.304. The summed E-state index contributed by atoms with van der Waals surface area (Å²) in [5.41, 5.74) is 3.79. The average molecular weight is 392 g/mol. The first-order valence-electron chi connectivity index (χ1n) is 9.96. The van der Waals surface area contributed by atoms with Gasteiger partial charge in [0.15, 0.2) is 0 Å². The highest BCUT2D eigenvalue weighted by atomic mass is 19.1. The van der Waals surface area contributed by atoms with Crippen molar-refractivity contribution in [2.75, 3.05) is 36.9 Å². The van der Waals surface area contributed by atoms with Gasteiger partial charge in [0.2, 0.25) is 5.91 Å². The Morgan fingerprint density at radius 1 is 1.14 bits per heavy atom. The molecule has 1 amide bonds. The van der Waals surface area contributed by atoms with Gasteiger partial charge in [0.1, 0.15) is 5.82 Å². The molecular formula is C23H25FN4O. The van der Waals surface area contributed by atoms with E-state index in [4.69, 9.17) is 0 Å². The van der Waals surface area contributed by atoms with Gasteiger partial charge >= 0.3 is 0 Å². The van der Waals surface area contributed by atoms with Gasteiger partial charge in [0.05, 0.1) is 23.4 Å². The number of nitrogens with zero attached hydrogens (tertiary/aromatic N) is 3. The van der Waals surface area contributed by atoms with Gasteiger partial charge in [0, 0.05) is 31.2 Å². The van der Waals surface area contributed by atoms with Crippen LogP contribution in [0.15, 0.2) is 54.7 Å². The van der Waals surface area contributed by atoms with Crippen LogP contribution in [0.25, 0.3) is 10.9 Å². The third-order valence-corrected chi connectivity index (χ3v) is 5.25. The van der Waals surface area contributed by atoms with Gasteiger partial charge in [-0.2, -0.15) is 0 Å². The summed E-state index contributed by atoms with van der Waals surface area (Å²) in [5.74, 6) is -0.347. The van der Waals surface area contributed by atoms with Crippen LogP contribution >= 0.6 is 0 Å². The summed E-state index contributed by atoms with van der Waals surface area (Å²) in [6.07, 6.45) is 4.20. The zero-order valence-electron chi connectivity index (χ0n) is 16.6. The number of hydrogen-bond donors (Lipinski definition) is 1. The average Bonchev–Trinajstić information content (AvgIpc) is 3.24. The molecule has 0 spiro atoms. The topological polar surface area (TPSA) is 48.5 Å². The second-order valence-electron chi connectivity index (χ2n) is 7.57. The van der Waals surface area contributed by atoms with E-state index in [9.17, 15) is 9.18 Å². The summed E-state index contributed by atoms with van der Waals surface area (Å²) in [7, 11) is 1.87. The summed E-state index contributed by atoms with van der Waals surface area (Å²) >= 11 is 0. The molecule has 2 heterocycles. The van der Waals surface area contributed by atoms with Crippen molar-refractivity contribution in [2.24, 2.45) is 0 Å². The molecule has 3 aromatic rings. The lowest BCUT2D eigenvalue weighted by Crippen LogP contribution is -2.30. The number of fused-ring (bicyclic) bond motifs is 1. The van der Waals surface area contributed by atoms with E-state index >= 15 is 0 Å². The maximum absolute atomic E-state index is 13.0. The molecule has 2 aromatic carbocycles. The molecule has 0 aliphatic carbocycles. The molecule has 1 aliphatic rings. The normalized spacial score (nSPS) is 14.0. The van der Waals surface area contributed by atoms with Crippen molar-refractivity contribution < 1.29 is 9.18 Å². The number of aromatic nitrogens is 1. The lowest BCUT2D eigenvalue weighted by Gasteiger charge is -2.21. The molecule has 6 heteroatoms. The van der Waals surface area contributed by atoms with Gasteiger partial charge in [-0.15, -0.1) is 0 Å².